The lowest BCUT2D eigenvalue weighted by molar-refractivity contribution is -0.139. The molecule has 1 amide bonds. The molecule has 4 nitrogen and oxygen atoms in total. The van der Waals surface area contributed by atoms with Crippen LogP contribution in [0.4, 0.5) is 13.2 Å². The van der Waals surface area contributed by atoms with E-state index in [1.807, 2.05) is 6.92 Å². The predicted molar refractivity (Wildman–Crippen MR) is 91.7 cm³/mol. The molecular weight excluding hydrogens is 357 g/mol. The Balaban J connectivity index is 0.00000312. The number of hydrogen-bond donors (Lipinski definition) is 2. The molecule has 2 unspecified atom stereocenters. The van der Waals surface area contributed by atoms with Gasteiger partial charge in [0.15, 0.2) is 0 Å². The number of carbonyl (C=O) groups excluding carboxylic acids is 1. The van der Waals surface area contributed by atoms with E-state index in [1.165, 1.54) is 18.2 Å². The van der Waals surface area contributed by atoms with E-state index in [2.05, 4.69) is 5.32 Å². The molecule has 3 N–H and O–H groups in total. The molecule has 1 aliphatic carbocycles. The van der Waals surface area contributed by atoms with Gasteiger partial charge in [0.2, 0.25) is 5.91 Å². The summed E-state index contributed by atoms with van der Waals surface area (Å²) < 4.78 is 43.7. The molecule has 1 saturated carbocycles. The van der Waals surface area contributed by atoms with Crippen LogP contribution in [0.25, 0.3) is 0 Å². The Bertz CT molecular complexity index is 579. The molecule has 0 bridgehead atoms. The lowest BCUT2D eigenvalue weighted by atomic mass is 9.74. The molecule has 0 spiro atoms. The molecule has 2 atom stereocenters. The van der Waals surface area contributed by atoms with Crippen molar-refractivity contribution in [1.29, 1.82) is 0 Å². The summed E-state index contributed by atoms with van der Waals surface area (Å²) in [5.74, 6) is -0.665. The third-order valence-electron chi connectivity index (χ3n) is 4.42. The molecule has 0 saturated heterocycles. The standard InChI is InChI=1S/C17H23F3N2O2.ClH/c1-16(21)9-5-4-7-13(16)15(23)22-10-11-24-14-8-3-2-6-12(14)17(18,19)20;/h2-3,6,8,13H,4-5,7,9-11,21H2,1H3,(H,22,23);1H. The Morgan fingerprint density at radius 2 is 2.04 bits per heavy atom. The van der Waals surface area contributed by atoms with E-state index < -0.39 is 17.3 Å². The minimum atomic E-state index is -4.47. The van der Waals surface area contributed by atoms with Crippen molar-refractivity contribution < 1.29 is 22.7 Å². The number of amides is 1. The zero-order valence-corrected chi connectivity index (χ0v) is 14.9. The van der Waals surface area contributed by atoms with Crippen molar-refractivity contribution in [2.45, 2.75) is 44.3 Å². The summed E-state index contributed by atoms with van der Waals surface area (Å²) in [7, 11) is 0. The number of benzene rings is 1. The van der Waals surface area contributed by atoms with Crippen LogP contribution in [-0.2, 0) is 11.0 Å². The van der Waals surface area contributed by atoms with Gasteiger partial charge in [0.05, 0.1) is 18.0 Å². The van der Waals surface area contributed by atoms with Crippen molar-refractivity contribution in [2.24, 2.45) is 11.7 Å². The van der Waals surface area contributed by atoms with Crippen LogP contribution < -0.4 is 15.8 Å². The molecule has 8 heteroatoms. The van der Waals surface area contributed by atoms with Gasteiger partial charge in [0.1, 0.15) is 12.4 Å². The average Bonchev–Trinajstić information content (AvgIpc) is 2.50. The maximum atomic E-state index is 12.9. The van der Waals surface area contributed by atoms with Gasteiger partial charge in [-0.2, -0.15) is 13.2 Å². The fourth-order valence-electron chi connectivity index (χ4n) is 3.07. The quantitative estimate of drug-likeness (QED) is 0.768. The summed E-state index contributed by atoms with van der Waals surface area (Å²) in [6.07, 6.45) is -0.977. The first-order valence-electron chi connectivity index (χ1n) is 8.07. The van der Waals surface area contributed by atoms with Gasteiger partial charge in [-0.15, -0.1) is 12.4 Å². The van der Waals surface area contributed by atoms with Crippen molar-refractivity contribution in [2.75, 3.05) is 13.2 Å². The molecule has 0 aliphatic heterocycles. The van der Waals surface area contributed by atoms with E-state index in [-0.39, 0.29) is 43.1 Å². The zero-order valence-electron chi connectivity index (χ0n) is 14.1. The molecular formula is C17H24ClF3N2O2. The number of para-hydroxylation sites is 1. The highest BCUT2D eigenvalue weighted by Crippen LogP contribution is 2.36. The minimum absolute atomic E-state index is 0. The summed E-state index contributed by atoms with van der Waals surface area (Å²) >= 11 is 0. The number of nitrogens with two attached hydrogens (primary N) is 1. The molecule has 1 aromatic carbocycles. The van der Waals surface area contributed by atoms with E-state index in [4.69, 9.17) is 10.5 Å². The lowest BCUT2D eigenvalue weighted by Crippen LogP contribution is -2.53. The average molecular weight is 381 g/mol. The molecule has 142 valence electrons. The molecule has 1 aromatic rings. The van der Waals surface area contributed by atoms with E-state index in [0.29, 0.717) is 0 Å². The van der Waals surface area contributed by atoms with E-state index in [9.17, 15) is 18.0 Å². The lowest BCUT2D eigenvalue weighted by Gasteiger charge is -2.37. The molecule has 0 heterocycles. The maximum absolute atomic E-state index is 12.9. The van der Waals surface area contributed by atoms with Gasteiger partial charge in [-0.25, -0.2) is 0 Å². The summed E-state index contributed by atoms with van der Waals surface area (Å²) in [5.41, 5.74) is 4.81. The topological polar surface area (TPSA) is 64.4 Å². The Hall–Kier alpha value is -1.47. The van der Waals surface area contributed by atoms with Crippen molar-refractivity contribution in [3.8, 4) is 5.75 Å². The second-order valence-electron chi connectivity index (χ2n) is 6.44. The van der Waals surface area contributed by atoms with Crippen LogP contribution >= 0.6 is 12.4 Å². The van der Waals surface area contributed by atoms with Crippen LogP contribution in [0.3, 0.4) is 0 Å². The highest BCUT2D eigenvalue weighted by atomic mass is 35.5. The Labute approximate surface area is 151 Å². The van der Waals surface area contributed by atoms with Crippen LogP contribution in [0, 0.1) is 5.92 Å². The SMILES string of the molecule is CC1(N)CCCCC1C(=O)NCCOc1ccccc1C(F)(F)F.Cl. The van der Waals surface area contributed by atoms with Gasteiger partial charge < -0.3 is 15.8 Å². The molecule has 2 rings (SSSR count). The normalized spacial score (nSPS) is 23.5. The van der Waals surface area contributed by atoms with Gasteiger partial charge in [0, 0.05) is 5.54 Å². The summed E-state index contributed by atoms with van der Waals surface area (Å²) in [6, 6.07) is 5.02. The van der Waals surface area contributed by atoms with Crippen LogP contribution in [0.2, 0.25) is 0 Å². The van der Waals surface area contributed by atoms with Crippen LogP contribution in [0.5, 0.6) is 5.75 Å². The highest BCUT2D eigenvalue weighted by Gasteiger charge is 2.37. The van der Waals surface area contributed by atoms with E-state index in [1.54, 1.807) is 0 Å². The first-order valence-corrected chi connectivity index (χ1v) is 8.07. The zero-order chi connectivity index (χ0) is 17.8. The van der Waals surface area contributed by atoms with Gasteiger partial charge in [-0.05, 0) is 31.9 Å². The van der Waals surface area contributed by atoms with Crippen molar-refractivity contribution in [3.05, 3.63) is 29.8 Å². The number of carbonyl (C=O) groups is 1. The van der Waals surface area contributed by atoms with Gasteiger partial charge in [-0.1, -0.05) is 25.0 Å². The first kappa shape index (κ1) is 21.6. The summed E-state index contributed by atoms with van der Waals surface area (Å²) in [4.78, 5) is 12.2. The molecule has 1 fully saturated rings. The molecule has 1 aliphatic rings. The third kappa shape index (κ3) is 5.78. The highest BCUT2D eigenvalue weighted by molar-refractivity contribution is 5.85. The third-order valence-corrected chi connectivity index (χ3v) is 4.42. The Morgan fingerprint density at radius 1 is 1.36 bits per heavy atom. The maximum Gasteiger partial charge on any atom is 0.419 e. The van der Waals surface area contributed by atoms with Crippen LogP contribution in [-0.4, -0.2) is 24.6 Å². The number of nitrogens with one attached hydrogen (secondary N) is 1. The van der Waals surface area contributed by atoms with E-state index >= 15 is 0 Å². The molecule has 25 heavy (non-hydrogen) atoms. The number of hydrogen-bond acceptors (Lipinski definition) is 3. The van der Waals surface area contributed by atoms with E-state index in [0.717, 1.165) is 31.7 Å². The molecule has 0 aromatic heterocycles. The van der Waals surface area contributed by atoms with Gasteiger partial charge >= 0.3 is 6.18 Å². The minimum Gasteiger partial charge on any atom is -0.491 e. The van der Waals surface area contributed by atoms with Crippen molar-refractivity contribution in [1.82, 2.24) is 5.32 Å². The smallest absolute Gasteiger partial charge is 0.419 e. The summed E-state index contributed by atoms with van der Waals surface area (Å²) in [5, 5.41) is 2.71. The van der Waals surface area contributed by atoms with Crippen molar-refractivity contribution in [3.63, 3.8) is 0 Å². The van der Waals surface area contributed by atoms with Gasteiger partial charge in [0.25, 0.3) is 0 Å². The Kier molecular flexibility index (Phi) is 7.56. The number of rotatable bonds is 5. The second kappa shape index (κ2) is 8.76. The number of halogens is 4. The predicted octanol–water partition coefficient (Wildman–Crippen LogP) is 3.53. The first-order chi connectivity index (χ1) is 11.2. The number of ether oxygens (including phenoxy) is 1. The molecule has 0 radical (unpaired) electrons. The Morgan fingerprint density at radius 3 is 2.68 bits per heavy atom. The van der Waals surface area contributed by atoms with Crippen LogP contribution in [0.1, 0.15) is 38.2 Å². The van der Waals surface area contributed by atoms with Gasteiger partial charge in [-0.3, -0.25) is 4.79 Å². The number of alkyl halides is 3. The fourth-order valence-corrected chi connectivity index (χ4v) is 3.07. The largest absolute Gasteiger partial charge is 0.491 e. The van der Waals surface area contributed by atoms with Crippen LogP contribution in [0.15, 0.2) is 24.3 Å². The van der Waals surface area contributed by atoms with Crippen molar-refractivity contribution >= 4 is 18.3 Å². The summed E-state index contributed by atoms with van der Waals surface area (Å²) in [6.45, 7) is 1.97. The second-order valence-corrected chi connectivity index (χ2v) is 6.44. The monoisotopic (exact) mass is 380 g/mol. The fraction of sp³-hybridized carbons (Fsp3) is 0.588.